The molecule has 124 valence electrons. The monoisotopic (exact) mass is 322 g/mol. The smallest absolute Gasteiger partial charge is 0.159 e. The molecule has 0 amide bonds. The lowest BCUT2D eigenvalue weighted by Crippen LogP contribution is -2.29. The summed E-state index contributed by atoms with van der Waals surface area (Å²) in [7, 11) is -3.09. The molecule has 1 aliphatic carbocycles. The molecule has 3 heteroatoms. The van der Waals surface area contributed by atoms with Crippen LogP contribution in [0.4, 0.5) is 0 Å². The highest BCUT2D eigenvalue weighted by molar-refractivity contribution is 7.91. The second-order valence-corrected chi connectivity index (χ2v) is 10.5. The fraction of sp³-hybridized carbons (Fsp3) is 0.684. The van der Waals surface area contributed by atoms with Crippen molar-refractivity contribution in [2.75, 3.05) is 0 Å². The van der Waals surface area contributed by atoms with Crippen molar-refractivity contribution >= 4 is 9.84 Å². The van der Waals surface area contributed by atoms with Gasteiger partial charge in [0.05, 0.1) is 10.5 Å². The van der Waals surface area contributed by atoms with Gasteiger partial charge < -0.3 is 0 Å². The lowest BCUT2D eigenvalue weighted by Gasteiger charge is -2.21. The Balaban J connectivity index is 1.90. The van der Waals surface area contributed by atoms with Crippen LogP contribution in [0.5, 0.6) is 0 Å². The Morgan fingerprint density at radius 1 is 0.955 bits per heavy atom. The molecular formula is C19H30O2S. The van der Waals surface area contributed by atoms with Crippen LogP contribution in [0.25, 0.3) is 0 Å². The molecule has 2 nitrogen and oxygen atoms in total. The second-order valence-electron chi connectivity index (χ2n) is 7.73. The summed E-state index contributed by atoms with van der Waals surface area (Å²) >= 11 is 0. The van der Waals surface area contributed by atoms with Crippen molar-refractivity contribution in [2.24, 2.45) is 5.92 Å². The van der Waals surface area contributed by atoms with E-state index in [9.17, 15) is 8.42 Å². The number of hydrogen-bond donors (Lipinski definition) is 0. The molecule has 1 aliphatic rings. The van der Waals surface area contributed by atoms with Gasteiger partial charge in [-0.1, -0.05) is 56.4 Å². The van der Waals surface area contributed by atoms with Crippen LogP contribution in [0.1, 0.15) is 70.4 Å². The maximum atomic E-state index is 12.2. The summed E-state index contributed by atoms with van der Waals surface area (Å²) in [5, 5.41) is 0. The van der Waals surface area contributed by atoms with E-state index in [2.05, 4.69) is 12.1 Å². The van der Waals surface area contributed by atoms with Crippen LogP contribution in [0.3, 0.4) is 0 Å². The summed E-state index contributed by atoms with van der Waals surface area (Å²) in [6, 6.07) is 8.19. The third kappa shape index (κ3) is 4.84. The Labute approximate surface area is 136 Å². The van der Waals surface area contributed by atoms with Gasteiger partial charge in [0, 0.05) is 0 Å². The number of hydrogen-bond acceptors (Lipinski definition) is 2. The molecule has 0 unspecified atom stereocenters. The minimum Gasteiger partial charge on any atom is -0.228 e. The van der Waals surface area contributed by atoms with Gasteiger partial charge in [0.25, 0.3) is 0 Å². The van der Waals surface area contributed by atoms with E-state index in [0.717, 1.165) is 17.9 Å². The highest BCUT2D eigenvalue weighted by Crippen LogP contribution is 2.27. The van der Waals surface area contributed by atoms with E-state index < -0.39 is 14.6 Å². The SMILES string of the molecule is CC(C)(C)S(=O)(=O)Cc1ccc(CCC2CCCCC2)cc1. The summed E-state index contributed by atoms with van der Waals surface area (Å²) in [6.07, 6.45) is 9.39. The minimum atomic E-state index is -3.09. The second kappa shape index (κ2) is 7.16. The van der Waals surface area contributed by atoms with Gasteiger partial charge in [-0.15, -0.1) is 0 Å². The number of sulfone groups is 1. The molecule has 0 bridgehead atoms. The normalized spacial score (nSPS) is 17.6. The van der Waals surface area contributed by atoms with Crippen molar-refractivity contribution in [3.63, 3.8) is 0 Å². The number of aryl methyl sites for hydroxylation is 1. The van der Waals surface area contributed by atoms with Crippen LogP contribution < -0.4 is 0 Å². The minimum absolute atomic E-state index is 0.138. The Hall–Kier alpha value is -0.830. The quantitative estimate of drug-likeness (QED) is 0.771. The first kappa shape index (κ1) is 17.5. The highest BCUT2D eigenvalue weighted by atomic mass is 32.2. The molecule has 1 fully saturated rings. The molecule has 0 aromatic heterocycles. The molecule has 1 saturated carbocycles. The molecule has 2 rings (SSSR count). The molecule has 1 aromatic rings. The standard InChI is InChI=1S/C19H30O2S/c1-19(2,3)22(20,21)15-18-13-11-17(12-14-18)10-9-16-7-5-4-6-8-16/h11-14,16H,4-10,15H2,1-3H3. The van der Waals surface area contributed by atoms with Gasteiger partial charge in [-0.3, -0.25) is 0 Å². The van der Waals surface area contributed by atoms with E-state index in [4.69, 9.17) is 0 Å². The van der Waals surface area contributed by atoms with Gasteiger partial charge in [0.1, 0.15) is 0 Å². The molecule has 0 radical (unpaired) electrons. The van der Waals surface area contributed by atoms with Crippen molar-refractivity contribution in [3.05, 3.63) is 35.4 Å². The zero-order chi connectivity index (χ0) is 16.2. The van der Waals surface area contributed by atoms with Crippen molar-refractivity contribution in [2.45, 2.75) is 76.2 Å². The van der Waals surface area contributed by atoms with Crippen LogP contribution in [-0.2, 0) is 22.0 Å². The Bertz CT molecular complexity index is 558. The van der Waals surface area contributed by atoms with E-state index in [0.29, 0.717) is 0 Å². The molecule has 0 atom stereocenters. The average molecular weight is 323 g/mol. The fourth-order valence-corrected chi connectivity index (χ4v) is 4.15. The number of rotatable bonds is 5. The first-order valence-electron chi connectivity index (χ1n) is 8.58. The summed E-state index contributed by atoms with van der Waals surface area (Å²) in [4.78, 5) is 0. The predicted molar refractivity (Wildman–Crippen MR) is 93.7 cm³/mol. The van der Waals surface area contributed by atoms with Gasteiger partial charge in [0.15, 0.2) is 9.84 Å². The van der Waals surface area contributed by atoms with Crippen molar-refractivity contribution in [3.8, 4) is 0 Å². The zero-order valence-electron chi connectivity index (χ0n) is 14.3. The molecular weight excluding hydrogens is 292 g/mol. The van der Waals surface area contributed by atoms with Crippen molar-refractivity contribution < 1.29 is 8.42 Å². The summed E-state index contributed by atoms with van der Waals surface area (Å²) in [6.45, 7) is 5.29. The first-order valence-corrected chi connectivity index (χ1v) is 10.2. The Morgan fingerprint density at radius 2 is 1.50 bits per heavy atom. The van der Waals surface area contributed by atoms with Gasteiger partial charge in [0.2, 0.25) is 0 Å². The van der Waals surface area contributed by atoms with Gasteiger partial charge in [-0.2, -0.15) is 0 Å². The zero-order valence-corrected chi connectivity index (χ0v) is 15.1. The lowest BCUT2D eigenvalue weighted by molar-refractivity contribution is 0.339. The van der Waals surface area contributed by atoms with Crippen molar-refractivity contribution in [1.29, 1.82) is 0 Å². The van der Waals surface area contributed by atoms with Gasteiger partial charge in [-0.05, 0) is 50.7 Å². The van der Waals surface area contributed by atoms with Gasteiger partial charge >= 0.3 is 0 Å². The van der Waals surface area contributed by atoms with E-state index in [1.807, 2.05) is 12.1 Å². The van der Waals surface area contributed by atoms with Crippen molar-refractivity contribution in [1.82, 2.24) is 0 Å². The van der Waals surface area contributed by atoms with Crippen LogP contribution in [0, 0.1) is 5.92 Å². The van der Waals surface area contributed by atoms with Crippen LogP contribution >= 0.6 is 0 Å². The molecule has 1 aromatic carbocycles. The predicted octanol–water partition coefficient (Wildman–Crippen LogP) is 4.91. The molecule has 0 aliphatic heterocycles. The van der Waals surface area contributed by atoms with Crippen LogP contribution in [0.2, 0.25) is 0 Å². The fourth-order valence-electron chi connectivity index (χ4n) is 3.08. The van der Waals surface area contributed by atoms with E-state index in [1.54, 1.807) is 20.8 Å². The third-order valence-electron chi connectivity index (χ3n) is 4.88. The Kier molecular flexibility index (Phi) is 5.70. The van der Waals surface area contributed by atoms with Gasteiger partial charge in [-0.25, -0.2) is 8.42 Å². The Morgan fingerprint density at radius 3 is 2.05 bits per heavy atom. The third-order valence-corrected chi connectivity index (χ3v) is 7.46. The maximum absolute atomic E-state index is 12.2. The highest BCUT2D eigenvalue weighted by Gasteiger charge is 2.28. The molecule has 0 N–H and O–H groups in total. The average Bonchev–Trinajstić information content (AvgIpc) is 2.46. The maximum Gasteiger partial charge on any atom is 0.159 e. The van der Waals surface area contributed by atoms with Crippen LogP contribution in [0.15, 0.2) is 24.3 Å². The van der Waals surface area contributed by atoms with E-state index in [-0.39, 0.29) is 5.75 Å². The van der Waals surface area contributed by atoms with E-state index >= 15 is 0 Å². The molecule has 0 heterocycles. The molecule has 22 heavy (non-hydrogen) atoms. The summed E-state index contributed by atoms with van der Waals surface area (Å²) < 4.78 is 23.8. The summed E-state index contributed by atoms with van der Waals surface area (Å²) in [5.74, 6) is 1.04. The molecule has 0 saturated heterocycles. The van der Waals surface area contributed by atoms with Crippen LogP contribution in [-0.4, -0.2) is 13.2 Å². The summed E-state index contributed by atoms with van der Waals surface area (Å²) in [5.41, 5.74) is 2.24. The topological polar surface area (TPSA) is 34.1 Å². The van der Waals surface area contributed by atoms with E-state index in [1.165, 1.54) is 44.1 Å². The molecule has 0 spiro atoms. The first-order chi connectivity index (χ1) is 10.3. The number of benzene rings is 1. The largest absolute Gasteiger partial charge is 0.228 e. The lowest BCUT2D eigenvalue weighted by atomic mass is 9.85.